The maximum atomic E-state index is 11.6. The zero-order valence-electron chi connectivity index (χ0n) is 14.9. The maximum absolute atomic E-state index is 11.6. The number of nitrogens with zero attached hydrogens (tertiary/aromatic N) is 3. The smallest absolute Gasteiger partial charge is 0.320 e. The molecule has 5 heteroatoms. The molecule has 132 valence electrons. The SMILES string of the molecule is CCCN1CC2(CCN(Cc3cccc(C)n3)CC2)C[C@@H]1C(=O)O. The summed E-state index contributed by atoms with van der Waals surface area (Å²) in [4.78, 5) is 20.8. The van der Waals surface area contributed by atoms with Crippen molar-refractivity contribution < 1.29 is 9.90 Å². The Morgan fingerprint density at radius 2 is 2.12 bits per heavy atom. The molecule has 1 aromatic rings. The molecule has 0 bridgehead atoms. The van der Waals surface area contributed by atoms with E-state index in [-0.39, 0.29) is 11.5 Å². The predicted molar refractivity (Wildman–Crippen MR) is 93.8 cm³/mol. The molecule has 1 N–H and O–H groups in total. The first-order valence-corrected chi connectivity index (χ1v) is 9.13. The fourth-order valence-corrected chi connectivity index (χ4v) is 4.37. The fourth-order valence-electron chi connectivity index (χ4n) is 4.37. The van der Waals surface area contributed by atoms with E-state index in [1.54, 1.807) is 0 Å². The molecule has 1 atom stereocenters. The van der Waals surface area contributed by atoms with Crippen LogP contribution in [0.25, 0.3) is 0 Å². The van der Waals surface area contributed by atoms with Crippen LogP contribution in [-0.2, 0) is 11.3 Å². The molecule has 2 aliphatic rings. The third-order valence-corrected chi connectivity index (χ3v) is 5.65. The third kappa shape index (κ3) is 3.78. The highest BCUT2D eigenvalue weighted by molar-refractivity contribution is 5.74. The Labute approximate surface area is 144 Å². The lowest BCUT2D eigenvalue weighted by Crippen LogP contribution is -2.41. The van der Waals surface area contributed by atoms with Crippen LogP contribution in [0.4, 0.5) is 0 Å². The Hall–Kier alpha value is -1.46. The van der Waals surface area contributed by atoms with E-state index < -0.39 is 5.97 Å². The molecule has 0 aromatic carbocycles. The molecule has 2 fully saturated rings. The summed E-state index contributed by atoms with van der Waals surface area (Å²) in [5.41, 5.74) is 2.40. The lowest BCUT2D eigenvalue weighted by Gasteiger charge is -2.39. The quantitative estimate of drug-likeness (QED) is 0.898. The number of rotatable bonds is 5. The molecule has 2 aliphatic heterocycles. The highest BCUT2D eigenvalue weighted by Gasteiger charge is 2.47. The highest BCUT2D eigenvalue weighted by atomic mass is 16.4. The largest absolute Gasteiger partial charge is 0.480 e. The molecule has 0 aliphatic carbocycles. The average molecular weight is 331 g/mol. The lowest BCUT2D eigenvalue weighted by molar-refractivity contribution is -0.142. The maximum Gasteiger partial charge on any atom is 0.320 e. The number of carboxylic acids is 1. The first-order chi connectivity index (χ1) is 11.5. The van der Waals surface area contributed by atoms with Gasteiger partial charge in [-0.05, 0) is 69.8 Å². The number of piperidine rings is 1. The number of hydrogen-bond donors (Lipinski definition) is 1. The molecule has 2 saturated heterocycles. The van der Waals surface area contributed by atoms with Crippen LogP contribution in [0.1, 0.15) is 44.0 Å². The Balaban J connectivity index is 1.59. The summed E-state index contributed by atoms with van der Waals surface area (Å²) in [5, 5.41) is 9.54. The van der Waals surface area contributed by atoms with Gasteiger partial charge in [-0.2, -0.15) is 0 Å². The first kappa shape index (κ1) is 17.4. The van der Waals surface area contributed by atoms with E-state index in [2.05, 4.69) is 33.8 Å². The van der Waals surface area contributed by atoms with E-state index in [1.165, 1.54) is 0 Å². The normalized spacial score (nSPS) is 24.5. The van der Waals surface area contributed by atoms with Gasteiger partial charge in [0.1, 0.15) is 6.04 Å². The summed E-state index contributed by atoms with van der Waals surface area (Å²) in [6.45, 7) is 9.00. The van der Waals surface area contributed by atoms with E-state index in [1.807, 2.05) is 13.0 Å². The summed E-state index contributed by atoms with van der Waals surface area (Å²) in [6, 6.07) is 5.91. The predicted octanol–water partition coefficient (Wildman–Crippen LogP) is 2.54. The topological polar surface area (TPSA) is 56.7 Å². The Morgan fingerprint density at radius 1 is 1.38 bits per heavy atom. The number of likely N-dealkylation sites (tertiary alicyclic amines) is 2. The van der Waals surface area contributed by atoms with Crippen LogP contribution in [-0.4, -0.2) is 58.1 Å². The van der Waals surface area contributed by atoms with Gasteiger partial charge in [-0.25, -0.2) is 0 Å². The lowest BCUT2D eigenvalue weighted by atomic mass is 9.76. The molecule has 24 heavy (non-hydrogen) atoms. The van der Waals surface area contributed by atoms with Crippen LogP contribution in [0, 0.1) is 12.3 Å². The number of pyridine rings is 1. The summed E-state index contributed by atoms with van der Waals surface area (Å²) >= 11 is 0. The molecule has 0 unspecified atom stereocenters. The monoisotopic (exact) mass is 331 g/mol. The molecular weight excluding hydrogens is 302 g/mol. The van der Waals surface area contributed by atoms with Crippen molar-refractivity contribution in [3.05, 3.63) is 29.6 Å². The molecule has 0 amide bonds. The van der Waals surface area contributed by atoms with Gasteiger partial charge in [0.2, 0.25) is 0 Å². The second kappa shape index (κ2) is 7.19. The van der Waals surface area contributed by atoms with Gasteiger partial charge < -0.3 is 5.11 Å². The minimum absolute atomic E-state index is 0.203. The second-order valence-corrected chi connectivity index (χ2v) is 7.58. The summed E-state index contributed by atoms with van der Waals surface area (Å²) in [5.74, 6) is -0.647. The van der Waals surface area contributed by atoms with Gasteiger partial charge in [0.05, 0.1) is 5.69 Å². The average Bonchev–Trinajstić information content (AvgIpc) is 2.89. The zero-order chi connectivity index (χ0) is 17.2. The second-order valence-electron chi connectivity index (χ2n) is 7.58. The van der Waals surface area contributed by atoms with Gasteiger partial charge in [0.15, 0.2) is 0 Å². The van der Waals surface area contributed by atoms with E-state index in [0.29, 0.717) is 0 Å². The molecule has 3 heterocycles. The molecule has 1 spiro atoms. The zero-order valence-corrected chi connectivity index (χ0v) is 14.9. The number of aliphatic carboxylic acids is 1. The van der Waals surface area contributed by atoms with Gasteiger partial charge in [-0.3, -0.25) is 19.6 Å². The number of aromatic nitrogens is 1. The van der Waals surface area contributed by atoms with Crippen LogP contribution < -0.4 is 0 Å². The van der Waals surface area contributed by atoms with E-state index in [4.69, 9.17) is 0 Å². The first-order valence-electron chi connectivity index (χ1n) is 9.13. The molecule has 0 radical (unpaired) electrons. The molecule has 3 rings (SSSR count). The van der Waals surface area contributed by atoms with Crippen molar-refractivity contribution in [2.24, 2.45) is 5.41 Å². The van der Waals surface area contributed by atoms with Gasteiger partial charge in [0.25, 0.3) is 0 Å². The van der Waals surface area contributed by atoms with Crippen LogP contribution >= 0.6 is 0 Å². The van der Waals surface area contributed by atoms with Crippen molar-refractivity contribution in [3.8, 4) is 0 Å². The van der Waals surface area contributed by atoms with Gasteiger partial charge in [0, 0.05) is 18.8 Å². The third-order valence-electron chi connectivity index (χ3n) is 5.65. The number of aryl methyl sites for hydroxylation is 1. The molecule has 0 saturated carbocycles. The minimum atomic E-state index is -0.647. The van der Waals surface area contributed by atoms with Gasteiger partial charge in [-0.15, -0.1) is 0 Å². The van der Waals surface area contributed by atoms with Crippen LogP contribution in [0.5, 0.6) is 0 Å². The highest BCUT2D eigenvalue weighted by Crippen LogP contribution is 2.43. The Bertz CT molecular complexity index is 582. The van der Waals surface area contributed by atoms with Crippen molar-refractivity contribution in [2.45, 2.75) is 52.1 Å². The van der Waals surface area contributed by atoms with Crippen molar-refractivity contribution in [3.63, 3.8) is 0 Å². The van der Waals surface area contributed by atoms with Crippen LogP contribution in [0.15, 0.2) is 18.2 Å². The van der Waals surface area contributed by atoms with E-state index in [0.717, 1.165) is 69.8 Å². The van der Waals surface area contributed by atoms with E-state index in [9.17, 15) is 9.90 Å². The van der Waals surface area contributed by atoms with Crippen molar-refractivity contribution in [2.75, 3.05) is 26.2 Å². The summed E-state index contributed by atoms with van der Waals surface area (Å²) in [7, 11) is 0. The number of hydrogen-bond acceptors (Lipinski definition) is 4. The summed E-state index contributed by atoms with van der Waals surface area (Å²) in [6.07, 6.45) is 4.04. The Morgan fingerprint density at radius 3 is 2.75 bits per heavy atom. The van der Waals surface area contributed by atoms with Crippen LogP contribution in [0.2, 0.25) is 0 Å². The van der Waals surface area contributed by atoms with Gasteiger partial charge >= 0.3 is 5.97 Å². The van der Waals surface area contributed by atoms with Crippen LogP contribution in [0.3, 0.4) is 0 Å². The number of carboxylic acid groups (broad SMARTS) is 1. The molecular formula is C19H29N3O2. The molecule has 1 aromatic heterocycles. The van der Waals surface area contributed by atoms with Crippen molar-refractivity contribution in [1.82, 2.24) is 14.8 Å². The van der Waals surface area contributed by atoms with Crippen molar-refractivity contribution >= 4 is 5.97 Å². The fraction of sp³-hybridized carbons (Fsp3) is 0.684. The summed E-state index contributed by atoms with van der Waals surface area (Å²) < 4.78 is 0. The van der Waals surface area contributed by atoms with Crippen molar-refractivity contribution in [1.29, 1.82) is 0 Å². The van der Waals surface area contributed by atoms with Gasteiger partial charge in [-0.1, -0.05) is 13.0 Å². The standard InChI is InChI=1S/C19H29N3O2/c1-3-9-22-14-19(12-17(22)18(23)24)7-10-21(11-8-19)13-16-6-4-5-15(2)20-16/h4-6,17H,3,7-14H2,1-2H3,(H,23,24)/t17-/m1/s1. The minimum Gasteiger partial charge on any atom is -0.480 e. The Kier molecular flexibility index (Phi) is 5.21. The molecule has 5 nitrogen and oxygen atoms in total. The van der Waals surface area contributed by atoms with E-state index >= 15 is 0 Å². The number of carbonyl (C=O) groups is 1.